The number of ether oxygens (including phenoxy) is 2. The van der Waals surface area contributed by atoms with Crippen LogP contribution in [0.5, 0.6) is 23.0 Å². The number of aromatic nitrogens is 6. The van der Waals surface area contributed by atoms with Gasteiger partial charge in [0.25, 0.3) is 11.1 Å². The second-order valence-electron chi connectivity index (χ2n) is 10.2. The van der Waals surface area contributed by atoms with Gasteiger partial charge in [-0.15, -0.1) is 0 Å². The van der Waals surface area contributed by atoms with Gasteiger partial charge in [-0.3, -0.25) is 18.7 Å². The van der Waals surface area contributed by atoms with Crippen LogP contribution in [-0.2, 0) is 23.3 Å². The number of halogens is 2. The molecule has 48 heavy (non-hydrogen) atoms. The highest BCUT2D eigenvalue weighted by Gasteiger charge is 2.14. The molecule has 0 aliphatic heterocycles. The van der Waals surface area contributed by atoms with Gasteiger partial charge < -0.3 is 9.47 Å². The first-order valence-corrected chi connectivity index (χ1v) is 16.0. The summed E-state index contributed by atoms with van der Waals surface area (Å²) in [6.45, 7) is 3.42. The molecule has 0 saturated heterocycles. The number of hydrogen-bond acceptors (Lipinski definition) is 12. The van der Waals surface area contributed by atoms with E-state index < -0.39 is 0 Å². The van der Waals surface area contributed by atoms with Gasteiger partial charge in [-0.2, -0.15) is 4.33 Å². The van der Waals surface area contributed by atoms with Crippen molar-refractivity contribution >= 4 is 45.9 Å². The lowest BCUT2D eigenvalue weighted by atomic mass is 10.2. The molecule has 4 heterocycles. The molecule has 248 valence electrons. The van der Waals surface area contributed by atoms with Crippen LogP contribution in [-0.4, -0.2) is 42.4 Å². The molecule has 0 aliphatic rings. The highest BCUT2D eigenvalue weighted by atomic mass is 32.2. The summed E-state index contributed by atoms with van der Waals surface area (Å²) in [6.07, 6.45) is 5.07. The van der Waals surface area contributed by atoms with E-state index in [1.807, 2.05) is 6.26 Å². The Labute approximate surface area is 280 Å². The molecule has 4 aromatic heterocycles. The van der Waals surface area contributed by atoms with Gasteiger partial charge in [0.2, 0.25) is 5.16 Å². The number of hydrogen-bond donors (Lipinski definition) is 0. The van der Waals surface area contributed by atoms with Crippen molar-refractivity contribution in [2.75, 3.05) is 13.4 Å². The molecule has 0 spiro atoms. The third kappa shape index (κ3) is 7.62. The summed E-state index contributed by atoms with van der Waals surface area (Å²) in [4.78, 5) is 46.4. The van der Waals surface area contributed by atoms with Crippen molar-refractivity contribution in [2.45, 2.75) is 24.2 Å². The van der Waals surface area contributed by atoms with Crippen molar-refractivity contribution in [2.24, 2.45) is 14.1 Å². The molecule has 6 rings (SSSR count). The number of rotatable bonds is 8. The summed E-state index contributed by atoms with van der Waals surface area (Å²) < 4.78 is 45.2. The summed E-state index contributed by atoms with van der Waals surface area (Å²) in [7, 11) is 4.57. The Morgan fingerprint density at radius 3 is 1.58 bits per heavy atom. The number of thioether (sulfide) groups is 1. The van der Waals surface area contributed by atoms with E-state index in [1.165, 1.54) is 64.4 Å². The normalized spacial score (nSPS) is 11.0. The van der Waals surface area contributed by atoms with Gasteiger partial charge in [-0.1, -0.05) is 11.8 Å². The van der Waals surface area contributed by atoms with Gasteiger partial charge in [0.05, 0.1) is 7.11 Å². The third-order valence-corrected chi connectivity index (χ3v) is 7.97. The second kappa shape index (κ2) is 14.9. The van der Waals surface area contributed by atoms with E-state index in [9.17, 15) is 18.4 Å². The summed E-state index contributed by atoms with van der Waals surface area (Å²) in [5, 5.41) is 2.20. The molecule has 2 aromatic carbocycles. The number of nitrogens with zero attached hydrogens (tertiary/aromatic N) is 6. The van der Waals surface area contributed by atoms with Crippen molar-refractivity contribution in [1.29, 1.82) is 0 Å². The van der Waals surface area contributed by atoms with E-state index in [1.54, 1.807) is 52.5 Å². The Kier molecular flexibility index (Phi) is 10.7. The van der Waals surface area contributed by atoms with Crippen LogP contribution >= 0.6 is 23.8 Å². The molecule has 16 heteroatoms. The van der Waals surface area contributed by atoms with Crippen LogP contribution in [0.4, 0.5) is 8.78 Å². The number of fused-ring (bicyclic) bond motifs is 2. The van der Waals surface area contributed by atoms with Crippen LogP contribution in [0.25, 0.3) is 22.1 Å². The van der Waals surface area contributed by atoms with E-state index in [0.717, 1.165) is 12.0 Å². The number of benzene rings is 2. The van der Waals surface area contributed by atoms with Gasteiger partial charge >= 0.3 is 0 Å². The molecule has 0 aliphatic carbocycles. The smallest absolute Gasteiger partial charge is 0.294 e. The number of aryl methyl sites for hydroxylation is 4. The van der Waals surface area contributed by atoms with Crippen molar-refractivity contribution in [3.05, 3.63) is 104 Å². The quantitative estimate of drug-likeness (QED) is 0.0571. The summed E-state index contributed by atoms with van der Waals surface area (Å²) in [5.41, 5.74) is 1.47. The van der Waals surface area contributed by atoms with Crippen LogP contribution in [0, 0.1) is 25.5 Å². The van der Waals surface area contributed by atoms with Crippen LogP contribution < -0.4 is 20.6 Å². The maximum Gasteiger partial charge on any atom is 0.294 e. The Balaban J connectivity index is 0.000000188. The van der Waals surface area contributed by atoms with Crippen LogP contribution in [0.3, 0.4) is 0 Å². The van der Waals surface area contributed by atoms with E-state index in [4.69, 9.17) is 13.8 Å². The van der Waals surface area contributed by atoms with Gasteiger partial charge in [0, 0.05) is 37.3 Å². The maximum absolute atomic E-state index is 13.2. The lowest BCUT2D eigenvalue weighted by molar-refractivity contribution is -0.160. The Morgan fingerprint density at radius 1 is 0.688 bits per heavy atom. The molecule has 0 bridgehead atoms. The lowest BCUT2D eigenvalue weighted by Crippen LogP contribution is -2.19. The fourth-order valence-electron chi connectivity index (χ4n) is 4.44. The predicted molar refractivity (Wildman–Crippen MR) is 178 cm³/mol. The zero-order valence-corrected chi connectivity index (χ0v) is 28.1. The zero-order valence-electron chi connectivity index (χ0n) is 26.5. The zero-order chi connectivity index (χ0) is 34.5. The predicted octanol–water partition coefficient (Wildman–Crippen LogP) is 6.44. The molecule has 0 radical (unpaired) electrons. The molecule has 12 nitrogen and oxygen atoms in total. The van der Waals surface area contributed by atoms with E-state index >= 15 is 0 Å². The van der Waals surface area contributed by atoms with Crippen LogP contribution in [0.15, 0.2) is 80.8 Å². The van der Waals surface area contributed by atoms with Crippen molar-refractivity contribution in [1.82, 2.24) is 29.1 Å². The van der Waals surface area contributed by atoms with E-state index in [2.05, 4.69) is 24.8 Å². The monoisotopic (exact) mass is 694 g/mol. The van der Waals surface area contributed by atoms with E-state index in [0.29, 0.717) is 55.0 Å². The average molecular weight is 695 g/mol. The summed E-state index contributed by atoms with van der Waals surface area (Å²) in [5.74, 6) is 0.369. The standard InChI is InChI=1S/C16H14FN3O4S.C16H14FN3O2S/c1-9-6-11(17)4-5-12(9)23-13-7-10-8-18-16(25-24-22-3)19-14(10)20(2)15(13)21;1-9-6-11(17)4-5-12(9)22-13-7-10-8-18-16(23-3)19-14(10)20(2)15(13)21/h4-8H,1-3H3;4-8H,1-3H3. The molecule has 0 saturated carbocycles. The Bertz CT molecular complexity index is 2270. The molecule has 6 aromatic rings. The van der Waals surface area contributed by atoms with Crippen molar-refractivity contribution in [3.8, 4) is 23.0 Å². The summed E-state index contributed by atoms with van der Waals surface area (Å²) in [6, 6.07) is 11.4. The third-order valence-electron chi connectivity index (χ3n) is 6.86. The first-order chi connectivity index (χ1) is 23.0. The molecule has 0 unspecified atom stereocenters. The molecular weight excluding hydrogens is 667 g/mol. The van der Waals surface area contributed by atoms with Crippen molar-refractivity contribution in [3.63, 3.8) is 0 Å². The first kappa shape index (κ1) is 34.4. The highest BCUT2D eigenvalue weighted by Crippen LogP contribution is 2.27. The van der Waals surface area contributed by atoms with Crippen LogP contribution in [0.2, 0.25) is 0 Å². The molecule has 0 N–H and O–H groups in total. The van der Waals surface area contributed by atoms with E-state index in [-0.39, 0.29) is 34.3 Å². The first-order valence-electron chi connectivity index (χ1n) is 14.0. The molecule has 0 atom stereocenters. The minimum atomic E-state index is -0.376. The molecule has 0 amide bonds. The maximum atomic E-state index is 13.2. The Hall–Kier alpha value is -4.90. The largest absolute Gasteiger partial charge is 0.451 e. The van der Waals surface area contributed by atoms with Gasteiger partial charge in [0.1, 0.15) is 46.5 Å². The highest BCUT2D eigenvalue weighted by molar-refractivity contribution is 7.98. The SMILES string of the molecule is COOSc1ncc2cc(Oc3ccc(F)cc3C)c(=O)n(C)c2n1.CSc1ncc2cc(Oc3ccc(F)cc3C)c(=O)n(C)c2n1. The fraction of sp³-hybridized carbons (Fsp3) is 0.188. The Morgan fingerprint density at radius 2 is 1.15 bits per heavy atom. The topological polar surface area (TPSA) is 132 Å². The van der Waals surface area contributed by atoms with Gasteiger partial charge in [-0.05, 0) is 79.8 Å². The van der Waals surface area contributed by atoms with Gasteiger partial charge in [0.15, 0.2) is 16.7 Å². The molecule has 0 fully saturated rings. The fourth-order valence-corrected chi connectivity index (χ4v) is 5.13. The molecular formula is C32H28F2N6O6S2. The summed E-state index contributed by atoms with van der Waals surface area (Å²) >= 11 is 2.24. The average Bonchev–Trinajstić information content (AvgIpc) is 3.07. The van der Waals surface area contributed by atoms with Gasteiger partial charge in [-0.25, -0.2) is 33.6 Å². The number of pyridine rings is 2. The minimum absolute atomic E-state index is 0.0989. The second-order valence-corrected chi connectivity index (χ2v) is 11.6. The van der Waals surface area contributed by atoms with Crippen molar-refractivity contribution < 1.29 is 27.5 Å². The minimum Gasteiger partial charge on any atom is -0.451 e. The van der Waals surface area contributed by atoms with Crippen LogP contribution in [0.1, 0.15) is 11.1 Å². The lowest BCUT2D eigenvalue weighted by Gasteiger charge is -2.11.